The normalized spacial score (nSPS) is 14.8. The standard InChI is InChI=1S/C26H47N/c1-4-6-7-8-9-10-11-12-13-14-15-19-22-25(26(3,27)5-2)23-24-20-17-16-18-21-24/h16-18,20-21,25H,4-15,19,22-23,27H2,1-3H3. The Morgan fingerprint density at radius 1 is 0.741 bits per heavy atom. The van der Waals surface area contributed by atoms with E-state index < -0.39 is 0 Å². The zero-order valence-electron chi connectivity index (χ0n) is 18.6. The van der Waals surface area contributed by atoms with Gasteiger partial charge in [0.25, 0.3) is 0 Å². The van der Waals surface area contributed by atoms with Crippen molar-refractivity contribution in [3.63, 3.8) is 0 Å². The lowest BCUT2D eigenvalue weighted by atomic mass is 9.77. The van der Waals surface area contributed by atoms with Crippen molar-refractivity contribution >= 4 is 0 Å². The van der Waals surface area contributed by atoms with Crippen molar-refractivity contribution in [2.24, 2.45) is 11.7 Å². The highest BCUT2D eigenvalue weighted by molar-refractivity contribution is 5.16. The third-order valence-electron chi connectivity index (χ3n) is 6.43. The SMILES string of the molecule is CCCCCCCCCCCCCCC(Cc1ccccc1)C(C)(N)CC. The molecule has 0 aliphatic heterocycles. The van der Waals surface area contributed by atoms with Gasteiger partial charge in [0.05, 0.1) is 0 Å². The molecule has 27 heavy (non-hydrogen) atoms. The van der Waals surface area contributed by atoms with Crippen LogP contribution in [0, 0.1) is 5.92 Å². The summed E-state index contributed by atoms with van der Waals surface area (Å²) in [4.78, 5) is 0. The second-order valence-corrected chi connectivity index (χ2v) is 8.92. The predicted molar refractivity (Wildman–Crippen MR) is 122 cm³/mol. The van der Waals surface area contributed by atoms with E-state index in [-0.39, 0.29) is 5.54 Å². The van der Waals surface area contributed by atoms with Crippen LogP contribution in [0.15, 0.2) is 30.3 Å². The topological polar surface area (TPSA) is 26.0 Å². The minimum atomic E-state index is -0.0480. The third-order valence-corrected chi connectivity index (χ3v) is 6.43. The average Bonchev–Trinajstić information content (AvgIpc) is 2.68. The van der Waals surface area contributed by atoms with E-state index in [1.165, 1.54) is 89.0 Å². The average molecular weight is 374 g/mol. The molecule has 1 rings (SSSR count). The van der Waals surface area contributed by atoms with E-state index in [0.717, 1.165) is 12.8 Å². The Balaban J connectivity index is 2.13. The van der Waals surface area contributed by atoms with Crippen molar-refractivity contribution in [2.45, 2.75) is 123 Å². The van der Waals surface area contributed by atoms with E-state index in [9.17, 15) is 0 Å². The molecule has 1 aromatic rings. The molecule has 2 atom stereocenters. The second kappa shape index (κ2) is 15.1. The Morgan fingerprint density at radius 3 is 1.70 bits per heavy atom. The van der Waals surface area contributed by atoms with Gasteiger partial charge in [0.1, 0.15) is 0 Å². The van der Waals surface area contributed by atoms with E-state index in [1.54, 1.807) is 0 Å². The number of hydrogen-bond acceptors (Lipinski definition) is 1. The number of benzene rings is 1. The number of nitrogens with two attached hydrogens (primary N) is 1. The van der Waals surface area contributed by atoms with Crippen LogP contribution in [0.25, 0.3) is 0 Å². The summed E-state index contributed by atoms with van der Waals surface area (Å²) in [6.45, 7) is 6.78. The molecule has 1 heteroatoms. The summed E-state index contributed by atoms with van der Waals surface area (Å²) in [6, 6.07) is 10.9. The summed E-state index contributed by atoms with van der Waals surface area (Å²) in [7, 11) is 0. The molecule has 2 unspecified atom stereocenters. The fourth-order valence-corrected chi connectivity index (χ4v) is 4.08. The first kappa shape index (κ1) is 24.2. The van der Waals surface area contributed by atoms with Gasteiger partial charge in [0, 0.05) is 5.54 Å². The van der Waals surface area contributed by atoms with Crippen LogP contribution in [-0.4, -0.2) is 5.54 Å². The third kappa shape index (κ3) is 11.6. The molecule has 1 nitrogen and oxygen atoms in total. The molecule has 0 aliphatic carbocycles. The number of unbranched alkanes of at least 4 members (excludes halogenated alkanes) is 11. The lowest BCUT2D eigenvalue weighted by molar-refractivity contribution is 0.259. The molecular formula is C26H47N. The Hall–Kier alpha value is -0.820. The molecule has 2 N–H and O–H groups in total. The molecule has 0 aromatic heterocycles. The first-order valence-electron chi connectivity index (χ1n) is 11.9. The molecular weight excluding hydrogens is 326 g/mol. The minimum absolute atomic E-state index is 0.0480. The molecule has 0 saturated heterocycles. The highest BCUT2D eigenvalue weighted by Crippen LogP contribution is 2.28. The number of hydrogen-bond donors (Lipinski definition) is 1. The van der Waals surface area contributed by atoms with Crippen LogP contribution < -0.4 is 5.73 Å². The van der Waals surface area contributed by atoms with Gasteiger partial charge in [0.15, 0.2) is 0 Å². The van der Waals surface area contributed by atoms with Gasteiger partial charge in [-0.05, 0) is 37.7 Å². The second-order valence-electron chi connectivity index (χ2n) is 8.92. The van der Waals surface area contributed by atoms with Crippen molar-refractivity contribution in [2.75, 3.05) is 0 Å². The smallest absolute Gasteiger partial charge is 0.0154 e. The molecule has 0 heterocycles. The quantitative estimate of drug-likeness (QED) is 0.274. The summed E-state index contributed by atoms with van der Waals surface area (Å²) in [5.41, 5.74) is 8.04. The summed E-state index contributed by atoms with van der Waals surface area (Å²) in [5, 5.41) is 0. The van der Waals surface area contributed by atoms with Crippen LogP contribution in [0.5, 0.6) is 0 Å². The van der Waals surface area contributed by atoms with E-state index in [1.807, 2.05) is 0 Å². The van der Waals surface area contributed by atoms with Gasteiger partial charge in [-0.3, -0.25) is 0 Å². The van der Waals surface area contributed by atoms with E-state index in [2.05, 4.69) is 51.1 Å². The fraction of sp³-hybridized carbons (Fsp3) is 0.769. The van der Waals surface area contributed by atoms with Gasteiger partial charge < -0.3 is 5.73 Å². The maximum Gasteiger partial charge on any atom is 0.0154 e. The summed E-state index contributed by atoms with van der Waals surface area (Å²) >= 11 is 0. The maximum atomic E-state index is 6.65. The Morgan fingerprint density at radius 2 is 1.22 bits per heavy atom. The summed E-state index contributed by atoms with van der Waals surface area (Å²) < 4.78 is 0. The highest BCUT2D eigenvalue weighted by atomic mass is 14.7. The van der Waals surface area contributed by atoms with E-state index in [4.69, 9.17) is 5.73 Å². The van der Waals surface area contributed by atoms with Crippen molar-refractivity contribution < 1.29 is 0 Å². The Bertz CT molecular complexity index is 437. The lowest BCUT2D eigenvalue weighted by Gasteiger charge is -2.34. The van der Waals surface area contributed by atoms with Crippen LogP contribution in [-0.2, 0) is 6.42 Å². The predicted octanol–water partition coefficient (Wildman–Crippen LogP) is 8.06. The Kier molecular flexibility index (Phi) is 13.6. The Labute approximate surface area is 170 Å². The molecule has 0 aliphatic rings. The monoisotopic (exact) mass is 373 g/mol. The molecule has 1 aromatic carbocycles. The minimum Gasteiger partial charge on any atom is -0.325 e. The lowest BCUT2D eigenvalue weighted by Crippen LogP contribution is -2.44. The molecule has 0 bridgehead atoms. The zero-order valence-corrected chi connectivity index (χ0v) is 18.6. The van der Waals surface area contributed by atoms with E-state index >= 15 is 0 Å². The van der Waals surface area contributed by atoms with Crippen molar-refractivity contribution in [1.82, 2.24) is 0 Å². The van der Waals surface area contributed by atoms with Crippen LogP contribution in [0.1, 0.15) is 116 Å². The van der Waals surface area contributed by atoms with Crippen molar-refractivity contribution in [1.29, 1.82) is 0 Å². The van der Waals surface area contributed by atoms with Gasteiger partial charge in [-0.25, -0.2) is 0 Å². The first-order chi connectivity index (χ1) is 13.1. The first-order valence-corrected chi connectivity index (χ1v) is 11.9. The van der Waals surface area contributed by atoms with Crippen molar-refractivity contribution in [3.8, 4) is 0 Å². The van der Waals surface area contributed by atoms with Crippen molar-refractivity contribution in [3.05, 3.63) is 35.9 Å². The molecule has 0 amide bonds. The van der Waals surface area contributed by atoms with Gasteiger partial charge >= 0.3 is 0 Å². The van der Waals surface area contributed by atoms with Gasteiger partial charge in [-0.1, -0.05) is 121 Å². The van der Waals surface area contributed by atoms with Gasteiger partial charge in [0.2, 0.25) is 0 Å². The molecule has 0 spiro atoms. The van der Waals surface area contributed by atoms with Crippen LogP contribution in [0.3, 0.4) is 0 Å². The van der Waals surface area contributed by atoms with Gasteiger partial charge in [-0.15, -0.1) is 0 Å². The van der Waals surface area contributed by atoms with Crippen LogP contribution >= 0.6 is 0 Å². The van der Waals surface area contributed by atoms with E-state index in [0.29, 0.717) is 5.92 Å². The molecule has 156 valence electrons. The molecule has 0 saturated carbocycles. The van der Waals surface area contributed by atoms with Crippen LogP contribution in [0.2, 0.25) is 0 Å². The largest absolute Gasteiger partial charge is 0.325 e. The fourth-order valence-electron chi connectivity index (χ4n) is 4.08. The maximum absolute atomic E-state index is 6.65. The zero-order chi connectivity index (χ0) is 19.8. The summed E-state index contributed by atoms with van der Waals surface area (Å²) in [6.07, 6.45) is 20.4. The highest BCUT2D eigenvalue weighted by Gasteiger charge is 2.27. The summed E-state index contributed by atoms with van der Waals surface area (Å²) in [5.74, 6) is 0.591. The van der Waals surface area contributed by atoms with Crippen LogP contribution in [0.4, 0.5) is 0 Å². The van der Waals surface area contributed by atoms with Gasteiger partial charge in [-0.2, -0.15) is 0 Å². The molecule has 0 fully saturated rings. The molecule has 0 radical (unpaired) electrons. The number of rotatable bonds is 17.